The number of rotatable bonds is 5. The number of anilines is 2. The van der Waals surface area contributed by atoms with Crippen molar-refractivity contribution in [1.82, 2.24) is 9.97 Å². The van der Waals surface area contributed by atoms with Gasteiger partial charge in [0, 0.05) is 18.4 Å². The average Bonchev–Trinajstić information content (AvgIpc) is 2.76. The fourth-order valence-corrected chi connectivity index (χ4v) is 2.71. The van der Waals surface area contributed by atoms with Crippen LogP contribution < -0.4 is 11.5 Å². The first-order chi connectivity index (χ1) is 8.24. The van der Waals surface area contributed by atoms with Crippen molar-refractivity contribution in [3.8, 4) is 0 Å². The molecule has 1 saturated heterocycles. The molecular weight excluding hydrogens is 236 g/mol. The third-order valence-corrected chi connectivity index (χ3v) is 3.60. The van der Waals surface area contributed by atoms with Crippen LogP contribution in [0.1, 0.15) is 25.7 Å². The second-order valence-corrected chi connectivity index (χ2v) is 5.19. The van der Waals surface area contributed by atoms with Crippen LogP contribution in [0.3, 0.4) is 0 Å². The van der Waals surface area contributed by atoms with Gasteiger partial charge >= 0.3 is 0 Å². The van der Waals surface area contributed by atoms with Crippen molar-refractivity contribution in [3.63, 3.8) is 0 Å². The van der Waals surface area contributed by atoms with Gasteiger partial charge in [-0.3, -0.25) is 0 Å². The van der Waals surface area contributed by atoms with Crippen LogP contribution in [-0.2, 0) is 4.74 Å². The lowest BCUT2D eigenvalue weighted by Crippen LogP contribution is -2.05. The lowest BCUT2D eigenvalue weighted by atomic mass is 10.1. The molecule has 0 spiro atoms. The zero-order chi connectivity index (χ0) is 12.1. The molecule has 0 amide bonds. The first-order valence-corrected chi connectivity index (χ1v) is 6.87. The molecule has 1 unspecified atom stereocenters. The zero-order valence-corrected chi connectivity index (χ0v) is 10.6. The van der Waals surface area contributed by atoms with Crippen LogP contribution in [0.2, 0.25) is 0 Å². The summed E-state index contributed by atoms with van der Waals surface area (Å²) in [5, 5.41) is 0.662. The fraction of sp³-hybridized carbons (Fsp3) is 0.636. The molecule has 1 fully saturated rings. The largest absolute Gasteiger partial charge is 0.383 e. The Morgan fingerprint density at radius 1 is 1.35 bits per heavy atom. The van der Waals surface area contributed by atoms with Crippen molar-refractivity contribution in [2.45, 2.75) is 36.9 Å². The highest BCUT2D eigenvalue weighted by Crippen LogP contribution is 2.21. The summed E-state index contributed by atoms with van der Waals surface area (Å²) in [6, 6.07) is 1.57. The monoisotopic (exact) mass is 254 g/mol. The predicted octanol–water partition coefficient (Wildman–Crippen LogP) is 1.69. The van der Waals surface area contributed by atoms with Crippen molar-refractivity contribution in [3.05, 3.63) is 6.07 Å². The lowest BCUT2D eigenvalue weighted by molar-refractivity contribution is 0.104. The number of hydrogen-bond donors (Lipinski definition) is 2. The topological polar surface area (TPSA) is 87.1 Å². The van der Waals surface area contributed by atoms with E-state index in [-0.39, 0.29) is 0 Å². The van der Waals surface area contributed by atoms with Crippen molar-refractivity contribution < 1.29 is 4.74 Å². The highest BCUT2D eigenvalue weighted by molar-refractivity contribution is 7.99. The third kappa shape index (κ3) is 4.05. The summed E-state index contributed by atoms with van der Waals surface area (Å²) in [6.45, 7) is 0.923. The van der Waals surface area contributed by atoms with Gasteiger partial charge < -0.3 is 16.2 Å². The van der Waals surface area contributed by atoms with Crippen molar-refractivity contribution in [2.75, 3.05) is 23.8 Å². The van der Waals surface area contributed by atoms with Gasteiger partial charge in [0.05, 0.1) is 6.10 Å². The van der Waals surface area contributed by atoms with Gasteiger partial charge in [-0.15, -0.1) is 0 Å². The minimum absolute atomic E-state index is 0.430. The van der Waals surface area contributed by atoms with Gasteiger partial charge in [-0.1, -0.05) is 11.8 Å². The number of nitrogen functional groups attached to an aromatic ring is 2. The van der Waals surface area contributed by atoms with Crippen molar-refractivity contribution in [1.29, 1.82) is 0 Å². The van der Waals surface area contributed by atoms with E-state index in [0.717, 1.165) is 25.2 Å². The van der Waals surface area contributed by atoms with E-state index in [1.165, 1.54) is 12.8 Å². The van der Waals surface area contributed by atoms with Crippen LogP contribution in [-0.4, -0.2) is 28.4 Å². The second-order valence-electron chi connectivity index (χ2n) is 4.13. The summed E-state index contributed by atoms with van der Waals surface area (Å²) in [5.41, 5.74) is 11.2. The first kappa shape index (κ1) is 12.4. The van der Waals surface area contributed by atoms with E-state index in [1.54, 1.807) is 17.8 Å². The van der Waals surface area contributed by atoms with Gasteiger partial charge in [0.1, 0.15) is 11.6 Å². The molecule has 0 aliphatic carbocycles. The molecule has 0 bridgehead atoms. The normalized spacial score (nSPS) is 19.6. The molecule has 1 atom stereocenters. The molecule has 0 saturated carbocycles. The maximum atomic E-state index is 5.60. The number of aromatic nitrogens is 2. The van der Waals surface area contributed by atoms with E-state index in [4.69, 9.17) is 16.2 Å². The smallest absolute Gasteiger partial charge is 0.191 e. The van der Waals surface area contributed by atoms with Crippen LogP contribution >= 0.6 is 11.8 Å². The number of nitrogens with two attached hydrogens (primary N) is 2. The number of nitrogens with zero attached hydrogens (tertiary/aromatic N) is 2. The molecule has 2 rings (SSSR count). The summed E-state index contributed by atoms with van der Waals surface area (Å²) in [5.74, 6) is 1.83. The van der Waals surface area contributed by atoms with Gasteiger partial charge in [-0.25, -0.2) is 9.97 Å². The molecule has 6 heteroatoms. The van der Waals surface area contributed by atoms with Crippen LogP contribution in [0.4, 0.5) is 11.6 Å². The van der Waals surface area contributed by atoms with E-state index in [9.17, 15) is 0 Å². The van der Waals surface area contributed by atoms with Gasteiger partial charge in [0.15, 0.2) is 5.16 Å². The van der Waals surface area contributed by atoms with Gasteiger partial charge in [-0.2, -0.15) is 0 Å². The Labute approximate surface area is 105 Å². The minimum Gasteiger partial charge on any atom is -0.383 e. The van der Waals surface area contributed by atoms with Gasteiger partial charge in [-0.05, 0) is 25.7 Å². The number of hydrogen-bond acceptors (Lipinski definition) is 6. The summed E-state index contributed by atoms with van der Waals surface area (Å²) in [7, 11) is 0. The standard InChI is InChI=1S/C11H18N4OS/c12-9-7-10(13)15-11(14-9)17-6-2-4-8-3-1-5-16-8/h7-8H,1-6H2,(H4,12,13,14,15). The molecule has 1 aromatic rings. The summed E-state index contributed by atoms with van der Waals surface area (Å²) in [4.78, 5) is 8.24. The highest BCUT2D eigenvalue weighted by Gasteiger charge is 2.14. The molecule has 94 valence electrons. The number of thioether (sulfide) groups is 1. The second kappa shape index (κ2) is 6.07. The maximum absolute atomic E-state index is 5.60. The van der Waals surface area contributed by atoms with E-state index in [0.29, 0.717) is 22.9 Å². The Hall–Kier alpha value is -1.01. The highest BCUT2D eigenvalue weighted by atomic mass is 32.2. The van der Waals surface area contributed by atoms with E-state index >= 15 is 0 Å². The van der Waals surface area contributed by atoms with E-state index in [1.807, 2.05) is 0 Å². The average molecular weight is 254 g/mol. The molecule has 1 aliphatic rings. The molecule has 5 nitrogen and oxygen atoms in total. The fourth-order valence-electron chi connectivity index (χ4n) is 1.87. The summed E-state index contributed by atoms with van der Waals surface area (Å²) in [6.07, 6.45) is 5.08. The molecule has 1 aliphatic heterocycles. The number of ether oxygens (including phenoxy) is 1. The summed E-state index contributed by atoms with van der Waals surface area (Å²) >= 11 is 1.59. The predicted molar refractivity (Wildman–Crippen MR) is 69.8 cm³/mol. The van der Waals surface area contributed by atoms with E-state index in [2.05, 4.69) is 9.97 Å². The van der Waals surface area contributed by atoms with Crippen LogP contribution in [0, 0.1) is 0 Å². The van der Waals surface area contributed by atoms with Gasteiger partial charge in [0.2, 0.25) is 0 Å². The van der Waals surface area contributed by atoms with Crippen molar-refractivity contribution >= 4 is 23.4 Å². The Balaban J connectivity index is 1.70. The Kier molecular flexibility index (Phi) is 4.44. The first-order valence-electron chi connectivity index (χ1n) is 5.88. The Bertz CT molecular complexity index is 348. The maximum Gasteiger partial charge on any atom is 0.191 e. The van der Waals surface area contributed by atoms with Crippen molar-refractivity contribution in [2.24, 2.45) is 0 Å². The van der Waals surface area contributed by atoms with E-state index < -0.39 is 0 Å². The lowest BCUT2D eigenvalue weighted by Gasteiger charge is -2.08. The van der Waals surface area contributed by atoms with Gasteiger partial charge in [0.25, 0.3) is 0 Å². The summed E-state index contributed by atoms with van der Waals surface area (Å²) < 4.78 is 5.56. The van der Waals surface area contributed by atoms with Crippen LogP contribution in [0.5, 0.6) is 0 Å². The molecular formula is C11H18N4OS. The minimum atomic E-state index is 0.430. The molecule has 1 aromatic heterocycles. The molecule has 0 aromatic carbocycles. The quantitative estimate of drug-likeness (QED) is 0.472. The molecule has 2 heterocycles. The third-order valence-electron chi connectivity index (χ3n) is 2.67. The zero-order valence-electron chi connectivity index (χ0n) is 9.76. The SMILES string of the molecule is Nc1cc(N)nc(SCCCC2CCCO2)n1. The Morgan fingerprint density at radius 3 is 2.76 bits per heavy atom. The van der Waals surface area contributed by atoms with Crippen LogP contribution in [0.25, 0.3) is 0 Å². The molecule has 17 heavy (non-hydrogen) atoms. The van der Waals surface area contributed by atoms with Crippen LogP contribution in [0.15, 0.2) is 11.2 Å². The molecule has 0 radical (unpaired) electrons. The molecule has 4 N–H and O–H groups in total. The Morgan fingerprint density at radius 2 is 2.12 bits per heavy atom.